The van der Waals surface area contributed by atoms with Gasteiger partial charge >= 0.3 is 0 Å². The summed E-state index contributed by atoms with van der Waals surface area (Å²) in [6.07, 6.45) is 2.09. The molecule has 1 fully saturated rings. The lowest BCUT2D eigenvalue weighted by Gasteiger charge is -2.39. The van der Waals surface area contributed by atoms with Gasteiger partial charge in [-0.25, -0.2) is 0 Å². The highest BCUT2D eigenvalue weighted by Crippen LogP contribution is 2.24. The van der Waals surface area contributed by atoms with Gasteiger partial charge in [0.2, 0.25) is 0 Å². The van der Waals surface area contributed by atoms with Crippen LogP contribution in [-0.4, -0.2) is 55.6 Å². The number of nitrogens with zero attached hydrogens (tertiary/aromatic N) is 2. The Bertz CT molecular complexity index is 398. The lowest BCUT2D eigenvalue weighted by atomic mass is 10.0. The number of halogens is 1. The molecule has 4 nitrogen and oxygen atoms in total. The monoisotopic (exact) mass is 346 g/mol. The van der Waals surface area contributed by atoms with Crippen molar-refractivity contribution in [1.82, 2.24) is 15.2 Å². The highest BCUT2D eigenvalue weighted by molar-refractivity contribution is 9.11. The van der Waals surface area contributed by atoms with Crippen LogP contribution in [0, 0.1) is 0 Å². The van der Waals surface area contributed by atoms with Gasteiger partial charge < -0.3 is 9.80 Å². The largest absolute Gasteiger partial charge is 0.304 e. The predicted octanol–water partition coefficient (Wildman–Crippen LogP) is 1.52. The number of rotatable bonds is 5. The van der Waals surface area contributed by atoms with Crippen molar-refractivity contribution in [1.29, 1.82) is 0 Å². The zero-order valence-electron chi connectivity index (χ0n) is 11.6. The summed E-state index contributed by atoms with van der Waals surface area (Å²) >= 11 is 5.30. The first kappa shape index (κ1) is 15.4. The third-order valence-corrected chi connectivity index (χ3v) is 5.49. The molecule has 108 valence electrons. The van der Waals surface area contributed by atoms with Crippen molar-refractivity contribution in [2.75, 3.05) is 33.7 Å². The Kier molecular flexibility index (Phi) is 5.80. The minimum absolute atomic E-state index is 0.337. The van der Waals surface area contributed by atoms with E-state index < -0.39 is 0 Å². The van der Waals surface area contributed by atoms with Crippen molar-refractivity contribution in [2.24, 2.45) is 5.84 Å². The van der Waals surface area contributed by atoms with Crippen LogP contribution in [-0.2, 0) is 6.42 Å². The fourth-order valence-corrected chi connectivity index (χ4v) is 4.16. The summed E-state index contributed by atoms with van der Waals surface area (Å²) < 4.78 is 1.19. The molecule has 0 amide bonds. The Morgan fingerprint density at radius 1 is 1.47 bits per heavy atom. The van der Waals surface area contributed by atoms with Gasteiger partial charge in [0.25, 0.3) is 0 Å². The van der Waals surface area contributed by atoms with Gasteiger partial charge in [0.15, 0.2) is 0 Å². The molecule has 0 aromatic carbocycles. The minimum atomic E-state index is 0.337. The Labute approximate surface area is 128 Å². The number of hydrogen-bond donors (Lipinski definition) is 2. The number of hydrogen-bond acceptors (Lipinski definition) is 5. The van der Waals surface area contributed by atoms with E-state index in [2.05, 4.69) is 57.4 Å². The van der Waals surface area contributed by atoms with E-state index in [1.807, 2.05) is 0 Å². The molecular formula is C13H23BrN4S. The molecular weight excluding hydrogens is 324 g/mol. The van der Waals surface area contributed by atoms with Crippen LogP contribution in [0.15, 0.2) is 15.9 Å². The molecule has 19 heavy (non-hydrogen) atoms. The van der Waals surface area contributed by atoms with Gasteiger partial charge in [0, 0.05) is 36.6 Å². The number of likely N-dealkylation sites (N-methyl/N-ethyl adjacent to an activating group) is 2. The summed E-state index contributed by atoms with van der Waals surface area (Å²) in [4.78, 5) is 6.23. The average Bonchev–Trinajstić information content (AvgIpc) is 2.78. The molecule has 0 saturated carbocycles. The van der Waals surface area contributed by atoms with Crippen molar-refractivity contribution in [3.8, 4) is 0 Å². The molecule has 2 heterocycles. The molecule has 1 aromatic rings. The molecule has 1 aliphatic rings. The van der Waals surface area contributed by atoms with Crippen molar-refractivity contribution in [3.05, 3.63) is 20.8 Å². The number of hydrazine groups is 1. The summed E-state index contributed by atoms with van der Waals surface area (Å²) in [5.41, 5.74) is 2.99. The van der Waals surface area contributed by atoms with Crippen molar-refractivity contribution < 1.29 is 0 Å². The second kappa shape index (κ2) is 7.15. The molecule has 6 heteroatoms. The molecule has 0 aliphatic carbocycles. The quantitative estimate of drug-likeness (QED) is 0.626. The first-order chi connectivity index (χ1) is 9.08. The molecule has 0 bridgehead atoms. The van der Waals surface area contributed by atoms with Crippen molar-refractivity contribution >= 4 is 27.3 Å². The predicted molar refractivity (Wildman–Crippen MR) is 85.4 cm³/mol. The van der Waals surface area contributed by atoms with Gasteiger partial charge in [-0.3, -0.25) is 11.3 Å². The van der Waals surface area contributed by atoms with Crippen LogP contribution in [0.3, 0.4) is 0 Å². The summed E-state index contributed by atoms with van der Waals surface area (Å²) in [5, 5.41) is 0. The van der Waals surface area contributed by atoms with Crippen molar-refractivity contribution in [2.45, 2.75) is 24.9 Å². The fraction of sp³-hybridized carbons (Fsp3) is 0.692. The van der Waals surface area contributed by atoms with E-state index >= 15 is 0 Å². The van der Waals surface area contributed by atoms with E-state index in [9.17, 15) is 0 Å². The summed E-state index contributed by atoms with van der Waals surface area (Å²) in [6.45, 7) is 3.43. The summed E-state index contributed by atoms with van der Waals surface area (Å²) in [7, 11) is 4.41. The number of piperazine rings is 1. The zero-order valence-corrected chi connectivity index (χ0v) is 14.0. The van der Waals surface area contributed by atoms with E-state index in [-0.39, 0.29) is 0 Å². The van der Waals surface area contributed by atoms with Crippen molar-refractivity contribution in [3.63, 3.8) is 0 Å². The van der Waals surface area contributed by atoms with E-state index in [1.54, 1.807) is 11.3 Å². The second-order valence-corrected chi connectivity index (χ2v) is 7.95. The SMILES string of the molecule is CN1CCN(C)C(CC(Cc2ccc(Br)s2)NN)C1. The zero-order chi connectivity index (χ0) is 13.8. The van der Waals surface area contributed by atoms with E-state index in [4.69, 9.17) is 5.84 Å². The Hall–Kier alpha value is 0.0200. The second-order valence-electron chi connectivity index (χ2n) is 5.41. The normalized spacial score (nSPS) is 23.7. The fourth-order valence-electron chi connectivity index (χ4n) is 2.60. The third kappa shape index (κ3) is 4.51. The van der Waals surface area contributed by atoms with Gasteiger partial charge in [-0.1, -0.05) is 0 Å². The van der Waals surface area contributed by atoms with Crippen LogP contribution < -0.4 is 11.3 Å². The molecule has 0 spiro atoms. The lowest BCUT2D eigenvalue weighted by molar-refractivity contribution is 0.101. The first-order valence-corrected chi connectivity index (χ1v) is 8.28. The standard InChI is InChI=1S/C13H23BrN4S/c1-17-5-6-18(2)11(9-17)7-10(16-15)8-12-3-4-13(14)19-12/h3-4,10-11,16H,5-9,15H2,1-2H3. The van der Waals surface area contributed by atoms with E-state index in [1.165, 1.54) is 8.66 Å². The van der Waals surface area contributed by atoms with Crippen LogP contribution in [0.5, 0.6) is 0 Å². The number of nitrogens with two attached hydrogens (primary N) is 1. The van der Waals surface area contributed by atoms with Gasteiger partial charge in [-0.15, -0.1) is 11.3 Å². The third-order valence-electron chi connectivity index (χ3n) is 3.85. The lowest BCUT2D eigenvalue weighted by Crippen LogP contribution is -2.53. The molecule has 2 unspecified atom stereocenters. The highest BCUT2D eigenvalue weighted by Gasteiger charge is 2.25. The molecule has 2 atom stereocenters. The molecule has 1 aliphatic heterocycles. The van der Waals surface area contributed by atoms with Crippen LogP contribution in [0.25, 0.3) is 0 Å². The first-order valence-electron chi connectivity index (χ1n) is 6.67. The van der Waals surface area contributed by atoms with Crippen LogP contribution in [0.2, 0.25) is 0 Å². The highest BCUT2D eigenvalue weighted by atomic mass is 79.9. The molecule has 1 saturated heterocycles. The Balaban J connectivity index is 1.90. The smallest absolute Gasteiger partial charge is 0.0701 e. The van der Waals surface area contributed by atoms with Gasteiger partial charge in [-0.05, 0) is 55.0 Å². The average molecular weight is 347 g/mol. The number of thiophene rings is 1. The summed E-state index contributed by atoms with van der Waals surface area (Å²) in [5.74, 6) is 5.74. The maximum Gasteiger partial charge on any atom is 0.0701 e. The Morgan fingerprint density at radius 3 is 2.89 bits per heavy atom. The van der Waals surface area contributed by atoms with E-state index in [0.717, 1.165) is 32.5 Å². The summed E-state index contributed by atoms with van der Waals surface area (Å²) in [6, 6.07) is 5.21. The Morgan fingerprint density at radius 2 is 2.26 bits per heavy atom. The van der Waals surface area contributed by atoms with Gasteiger partial charge in [0.1, 0.15) is 0 Å². The van der Waals surface area contributed by atoms with Crippen LogP contribution in [0.4, 0.5) is 0 Å². The number of nitrogens with one attached hydrogen (secondary N) is 1. The van der Waals surface area contributed by atoms with E-state index in [0.29, 0.717) is 12.1 Å². The molecule has 0 radical (unpaired) electrons. The molecule has 2 rings (SSSR count). The molecule has 1 aromatic heterocycles. The van der Waals surface area contributed by atoms with Gasteiger partial charge in [0.05, 0.1) is 3.79 Å². The maximum absolute atomic E-state index is 5.74. The van der Waals surface area contributed by atoms with Gasteiger partial charge in [-0.2, -0.15) is 0 Å². The topological polar surface area (TPSA) is 44.5 Å². The maximum atomic E-state index is 5.74. The van der Waals surface area contributed by atoms with Crippen LogP contribution >= 0.6 is 27.3 Å². The van der Waals surface area contributed by atoms with Crippen LogP contribution in [0.1, 0.15) is 11.3 Å². The molecule has 3 N–H and O–H groups in total. The minimum Gasteiger partial charge on any atom is -0.304 e.